The number of cyclic esters (lactones) is 2. The Morgan fingerprint density at radius 3 is 2.29 bits per heavy atom. The van der Waals surface area contributed by atoms with Gasteiger partial charge in [-0.05, 0) is 25.1 Å². The molecule has 0 bridgehead atoms. The second-order valence-corrected chi connectivity index (χ2v) is 8.55. The first kappa shape index (κ1) is 25.2. The number of esters is 3. The average molecular weight is 492 g/mol. The van der Waals surface area contributed by atoms with Crippen molar-refractivity contribution in [1.29, 1.82) is 0 Å². The molecule has 0 spiro atoms. The summed E-state index contributed by atoms with van der Waals surface area (Å²) in [6.45, 7) is 4.21. The van der Waals surface area contributed by atoms with Gasteiger partial charge in [0, 0.05) is 30.9 Å². The van der Waals surface area contributed by atoms with E-state index >= 15 is 0 Å². The minimum atomic E-state index is -1.49. The molecule has 7 nitrogen and oxygen atoms in total. The van der Waals surface area contributed by atoms with E-state index in [9.17, 15) is 23.2 Å². The highest BCUT2D eigenvalue weighted by Crippen LogP contribution is 2.36. The lowest BCUT2D eigenvalue weighted by molar-refractivity contribution is -0.222. The van der Waals surface area contributed by atoms with Crippen molar-refractivity contribution in [2.75, 3.05) is 18.1 Å². The Balaban J connectivity index is 2.11. The number of hydrogen-bond donors (Lipinski definition) is 0. The van der Waals surface area contributed by atoms with E-state index in [2.05, 4.69) is 0 Å². The molecule has 3 rings (SSSR count). The lowest BCUT2D eigenvalue weighted by atomic mass is 10.2. The molecule has 180 valence electrons. The van der Waals surface area contributed by atoms with Gasteiger partial charge in [0.25, 0.3) is 5.79 Å². The molecule has 0 N–H and O–H groups in total. The van der Waals surface area contributed by atoms with Crippen molar-refractivity contribution in [3.8, 4) is 0 Å². The Morgan fingerprint density at radius 1 is 1.03 bits per heavy atom. The largest absolute Gasteiger partial charge is 0.465 e. The smallest absolute Gasteiger partial charge is 0.351 e. The van der Waals surface area contributed by atoms with Crippen LogP contribution in [-0.4, -0.2) is 36.8 Å². The molecule has 0 unspecified atom stereocenters. The average Bonchev–Trinajstić information content (AvgIpc) is 2.77. The topological polar surface area (TPSA) is 82.1 Å². The summed E-state index contributed by atoms with van der Waals surface area (Å²) < 4.78 is 43.6. The van der Waals surface area contributed by atoms with Crippen LogP contribution in [0.2, 0.25) is 0 Å². The van der Waals surface area contributed by atoms with Gasteiger partial charge >= 0.3 is 17.9 Å². The van der Waals surface area contributed by atoms with E-state index in [1.165, 1.54) is 30.9 Å². The van der Waals surface area contributed by atoms with E-state index in [1.807, 2.05) is 0 Å². The molecule has 1 aliphatic heterocycles. The number of para-hydroxylation sites is 1. The van der Waals surface area contributed by atoms with Gasteiger partial charge in [-0.1, -0.05) is 30.3 Å². The highest BCUT2D eigenvalue weighted by atomic mass is 32.2. The molecular weight excluding hydrogens is 468 g/mol. The third kappa shape index (κ3) is 5.93. The van der Waals surface area contributed by atoms with Gasteiger partial charge in [-0.15, -0.1) is 11.8 Å². The van der Waals surface area contributed by atoms with Crippen molar-refractivity contribution < 1.29 is 37.4 Å². The molecule has 1 aliphatic rings. The maximum Gasteiger partial charge on any atom is 0.351 e. The van der Waals surface area contributed by atoms with Gasteiger partial charge in [-0.3, -0.25) is 4.79 Å². The molecular formula is C24H23F2NO6S. The van der Waals surface area contributed by atoms with Gasteiger partial charge in [-0.25, -0.2) is 18.4 Å². The molecule has 0 aliphatic carbocycles. The minimum Gasteiger partial charge on any atom is -0.465 e. The van der Waals surface area contributed by atoms with Gasteiger partial charge < -0.3 is 19.1 Å². The summed E-state index contributed by atoms with van der Waals surface area (Å²) in [4.78, 5) is 39.5. The highest BCUT2D eigenvalue weighted by Gasteiger charge is 2.42. The lowest BCUT2D eigenvalue weighted by Crippen LogP contribution is -2.44. The van der Waals surface area contributed by atoms with E-state index in [1.54, 1.807) is 37.3 Å². The second-order valence-electron chi connectivity index (χ2n) is 7.59. The molecule has 0 atom stereocenters. The van der Waals surface area contributed by atoms with Crippen LogP contribution in [0.25, 0.3) is 0 Å². The molecule has 1 heterocycles. The van der Waals surface area contributed by atoms with E-state index in [4.69, 9.17) is 14.2 Å². The van der Waals surface area contributed by atoms with Gasteiger partial charge in [-0.2, -0.15) is 0 Å². The van der Waals surface area contributed by atoms with Gasteiger partial charge in [0.1, 0.15) is 6.54 Å². The SMILES string of the molecule is CCOC(=O)CN(C(SCc1cccc(F)c1F)=C1C(=O)OC(C)(C)OC1=O)c1ccccc1. The summed E-state index contributed by atoms with van der Waals surface area (Å²) in [7, 11) is 0. The quantitative estimate of drug-likeness (QED) is 0.307. The predicted molar refractivity (Wildman–Crippen MR) is 121 cm³/mol. The Labute approximate surface area is 199 Å². The number of ether oxygens (including phenoxy) is 3. The number of carbonyl (C=O) groups excluding carboxylic acids is 3. The number of anilines is 1. The zero-order valence-corrected chi connectivity index (χ0v) is 19.6. The van der Waals surface area contributed by atoms with E-state index < -0.39 is 40.9 Å². The number of halogens is 2. The van der Waals surface area contributed by atoms with Crippen LogP contribution in [0.1, 0.15) is 26.3 Å². The zero-order valence-electron chi connectivity index (χ0n) is 18.8. The molecule has 0 aromatic heterocycles. The predicted octanol–water partition coefficient (Wildman–Crippen LogP) is 4.32. The van der Waals surface area contributed by atoms with Crippen molar-refractivity contribution in [2.45, 2.75) is 32.3 Å². The molecule has 0 saturated carbocycles. The number of rotatable bonds is 8. The van der Waals surface area contributed by atoms with Gasteiger partial charge in [0.15, 0.2) is 17.2 Å². The van der Waals surface area contributed by atoms with E-state index in [-0.39, 0.29) is 29.5 Å². The fraction of sp³-hybridized carbons (Fsp3) is 0.292. The number of benzene rings is 2. The maximum atomic E-state index is 14.3. The van der Waals surface area contributed by atoms with Crippen LogP contribution in [0.5, 0.6) is 0 Å². The number of hydrogen-bond acceptors (Lipinski definition) is 8. The number of thioether (sulfide) groups is 1. The molecule has 2 aromatic rings. The molecule has 0 radical (unpaired) electrons. The summed E-state index contributed by atoms with van der Waals surface area (Å²) in [5.74, 6) is -6.27. The highest BCUT2D eigenvalue weighted by molar-refractivity contribution is 8.02. The molecule has 2 aromatic carbocycles. The van der Waals surface area contributed by atoms with Crippen LogP contribution in [0.3, 0.4) is 0 Å². The normalized spacial score (nSPS) is 14.8. The summed E-state index contributed by atoms with van der Waals surface area (Å²) in [6, 6.07) is 12.2. The Hall–Kier alpha value is -3.40. The summed E-state index contributed by atoms with van der Waals surface area (Å²) >= 11 is 0.864. The Morgan fingerprint density at radius 2 is 1.68 bits per heavy atom. The minimum absolute atomic E-state index is 0.00474. The van der Waals surface area contributed by atoms with E-state index in [0.717, 1.165) is 17.8 Å². The lowest BCUT2D eigenvalue weighted by Gasteiger charge is -2.33. The first-order valence-corrected chi connectivity index (χ1v) is 11.4. The zero-order chi connectivity index (χ0) is 24.9. The monoisotopic (exact) mass is 491 g/mol. The Bertz CT molecular complexity index is 1100. The van der Waals surface area contributed by atoms with Crippen LogP contribution in [0, 0.1) is 11.6 Å². The molecule has 1 saturated heterocycles. The van der Waals surface area contributed by atoms with Crippen LogP contribution >= 0.6 is 11.8 Å². The van der Waals surface area contributed by atoms with E-state index in [0.29, 0.717) is 5.69 Å². The van der Waals surface area contributed by atoms with Crippen LogP contribution in [0.4, 0.5) is 14.5 Å². The van der Waals surface area contributed by atoms with Crippen LogP contribution in [-0.2, 0) is 34.3 Å². The van der Waals surface area contributed by atoms with Crippen molar-refractivity contribution in [1.82, 2.24) is 0 Å². The van der Waals surface area contributed by atoms with Crippen molar-refractivity contribution in [3.63, 3.8) is 0 Å². The second kappa shape index (κ2) is 10.7. The molecule has 34 heavy (non-hydrogen) atoms. The fourth-order valence-corrected chi connectivity index (χ4v) is 4.29. The third-order valence-electron chi connectivity index (χ3n) is 4.60. The fourth-order valence-electron chi connectivity index (χ4n) is 3.14. The Kier molecular flexibility index (Phi) is 7.93. The summed E-state index contributed by atoms with van der Waals surface area (Å²) in [5, 5.41) is -0.0200. The maximum absolute atomic E-state index is 14.3. The number of carbonyl (C=O) groups is 3. The van der Waals surface area contributed by atoms with Crippen molar-refractivity contribution >= 4 is 35.4 Å². The first-order chi connectivity index (χ1) is 16.1. The van der Waals surface area contributed by atoms with Crippen LogP contribution < -0.4 is 4.90 Å². The van der Waals surface area contributed by atoms with Gasteiger partial charge in [0.05, 0.1) is 11.6 Å². The summed E-state index contributed by atoms with van der Waals surface area (Å²) in [6.07, 6.45) is 0. The van der Waals surface area contributed by atoms with Crippen LogP contribution in [0.15, 0.2) is 59.1 Å². The standard InChI is InChI=1S/C24H23F2NO6S/c1-4-31-18(28)13-27(16-10-6-5-7-11-16)21(19-22(29)32-24(2,3)33-23(19)30)34-14-15-9-8-12-17(25)20(15)26/h5-12H,4,13-14H2,1-3H3. The van der Waals surface area contributed by atoms with Crippen molar-refractivity contribution in [3.05, 3.63) is 76.3 Å². The first-order valence-electron chi connectivity index (χ1n) is 10.4. The molecule has 1 fully saturated rings. The van der Waals surface area contributed by atoms with Gasteiger partial charge in [0.2, 0.25) is 0 Å². The third-order valence-corrected chi connectivity index (χ3v) is 5.75. The van der Waals surface area contributed by atoms with Crippen molar-refractivity contribution in [2.24, 2.45) is 0 Å². The summed E-state index contributed by atoms with van der Waals surface area (Å²) in [5.41, 5.74) is -0.00453. The molecule has 10 heteroatoms. The number of nitrogens with zero attached hydrogens (tertiary/aromatic N) is 1. The molecule has 0 amide bonds.